The van der Waals surface area contributed by atoms with E-state index in [2.05, 4.69) is 161 Å². The van der Waals surface area contributed by atoms with Gasteiger partial charge in [0.05, 0.1) is 43.7 Å². The third-order valence-corrected chi connectivity index (χ3v) is 32.3. The van der Waals surface area contributed by atoms with Crippen molar-refractivity contribution in [2.75, 3.05) is 27.4 Å². The summed E-state index contributed by atoms with van der Waals surface area (Å²) in [7, 11) is -6.72. The van der Waals surface area contributed by atoms with E-state index in [1.165, 1.54) is 12.2 Å². The quantitative estimate of drug-likeness (QED) is 0.0517. The van der Waals surface area contributed by atoms with Crippen LogP contribution in [0.25, 0.3) is 0 Å². The maximum Gasteiger partial charge on any atom is 0.248 e. The molecule has 0 radical (unpaired) electrons. The van der Waals surface area contributed by atoms with Crippen molar-refractivity contribution in [3.63, 3.8) is 0 Å². The molecule has 0 aromatic carbocycles. The van der Waals surface area contributed by atoms with Crippen LogP contribution in [-0.4, -0.2) is 101 Å². The van der Waals surface area contributed by atoms with Crippen LogP contribution in [0.1, 0.15) is 110 Å². The highest BCUT2D eigenvalue weighted by atomic mass is 28.4. The van der Waals surface area contributed by atoms with Gasteiger partial charge in [-0.3, -0.25) is 14.4 Å². The van der Waals surface area contributed by atoms with Crippen molar-refractivity contribution in [2.45, 2.75) is 207 Å². The molecule has 0 N–H and O–H groups in total. The average Bonchev–Trinajstić information content (AvgIpc) is 3.70. The zero-order valence-corrected chi connectivity index (χ0v) is 45.0. The summed E-state index contributed by atoms with van der Waals surface area (Å²) in [6.45, 7) is 50.8. The Labute approximate surface area is 349 Å². The lowest BCUT2D eigenvalue weighted by atomic mass is 9.79. The second-order valence-corrected chi connectivity index (χ2v) is 42.0. The minimum absolute atomic E-state index is 0.0353. The number of hydrogen-bond acceptors (Lipinski definition) is 8. The fourth-order valence-corrected chi connectivity index (χ4v) is 10.6. The molecule has 1 aliphatic heterocycles. The van der Waals surface area contributed by atoms with Gasteiger partial charge in [0.15, 0.2) is 33.3 Å². The zero-order valence-electron chi connectivity index (χ0n) is 41.0. The summed E-state index contributed by atoms with van der Waals surface area (Å²) in [5.74, 6) is -1.72. The topological polar surface area (TPSA) is 96.1 Å². The summed E-state index contributed by atoms with van der Waals surface area (Å²) in [5, 5.41) is 0.721. The minimum Gasteiger partial charge on any atom is -0.416 e. The molecule has 1 aliphatic rings. The Hall–Kier alpha value is -0.492. The molecule has 9 nitrogen and oxygen atoms in total. The number of amides is 1. The fraction of sp³-hybridized carbons (Fsp3) is 0.907. The number of Topliss-reactive ketones (excluding diaryl/α,β-unsaturated/α-hetero) is 1. The Bertz CT molecular complexity index is 1340. The van der Waals surface area contributed by atoms with E-state index in [-0.39, 0.29) is 63.5 Å². The van der Waals surface area contributed by atoms with Crippen molar-refractivity contribution in [1.29, 1.82) is 0 Å². The van der Waals surface area contributed by atoms with Crippen LogP contribution in [0.3, 0.4) is 0 Å². The third-order valence-electron chi connectivity index (χ3n) is 14.3. The molecule has 1 rings (SSSR count). The second kappa shape index (κ2) is 18.6. The summed E-state index contributed by atoms with van der Waals surface area (Å²) < 4.78 is 35.5. The molecule has 330 valence electrons. The first kappa shape index (κ1) is 53.5. The van der Waals surface area contributed by atoms with Crippen molar-refractivity contribution in [1.82, 2.24) is 5.06 Å². The summed E-state index contributed by atoms with van der Waals surface area (Å²) >= 11 is 0. The predicted octanol–water partition coefficient (Wildman–Crippen LogP) is 11.4. The normalized spacial score (nSPS) is 22.1. The number of epoxide rings is 1. The van der Waals surface area contributed by atoms with Crippen molar-refractivity contribution >= 4 is 45.0 Å². The van der Waals surface area contributed by atoms with Gasteiger partial charge in [0.2, 0.25) is 5.91 Å². The summed E-state index contributed by atoms with van der Waals surface area (Å²) in [5.41, 5.74) is -0.752. The van der Waals surface area contributed by atoms with E-state index in [0.717, 1.165) is 0 Å². The Morgan fingerprint density at radius 3 is 1.48 bits per heavy atom. The van der Waals surface area contributed by atoms with Crippen LogP contribution in [0.15, 0.2) is 12.2 Å². The van der Waals surface area contributed by atoms with Gasteiger partial charge >= 0.3 is 0 Å². The lowest BCUT2D eigenvalue weighted by Crippen LogP contribution is -2.57. The second-order valence-electron chi connectivity index (χ2n) is 22.9. The van der Waals surface area contributed by atoms with Crippen LogP contribution in [0.5, 0.6) is 0 Å². The molecule has 0 unspecified atom stereocenters. The summed E-state index contributed by atoms with van der Waals surface area (Å²) in [6.07, 6.45) is 2.67. The lowest BCUT2D eigenvalue weighted by Gasteiger charge is -2.46. The first-order valence-electron chi connectivity index (χ1n) is 21.0. The number of ketones is 1. The van der Waals surface area contributed by atoms with E-state index in [4.69, 9.17) is 27.3 Å². The van der Waals surface area contributed by atoms with E-state index in [9.17, 15) is 4.79 Å². The predicted molar refractivity (Wildman–Crippen MR) is 244 cm³/mol. The lowest BCUT2D eigenvalue weighted by molar-refractivity contribution is -0.171. The Morgan fingerprint density at radius 1 is 0.714 bits per heavy atom. The molecule has 1 heterocycles. The van der Waals surface area contributed by atoms with Crippen LogP contribution in [0.2, 0.25) is 72.5 Å². The average molecular weight is 861 g/mol. The SMILES string of the molecule is C/C=C\[C@H](C)[C@H]1O[C@]1(C)[C@@H](O[Si](C)(C)C(C)(C)C)[C@@H](CO[Si](C)(C)C(C)(C)C)C(=O)[C@@H](CO[Si](C)(C)C(C)(C)C)[C@H](CC(=O)N(C)OC)O[Si](C)(C)C(C)(C)C. The van der Waals surface area contributed by atoms with Crippen molar-refractivity contribution < 1.29 is 36.9 Å². The van der Waals surface area contributed by atoms with Gasteiger partial charge in [0.25, 0.3) is 0 Å². The molecule has 0 aliphatic carbocycles. The number of carbonyl (C=O) groups is 2. The molecule has 1 fully saturated rings. The van der Waals surface area contributed by atoms with Gasteiger partial charge in [-0.15, -0.1) is 0 Å². The Kier molecular flexibility index (Phi) is 17.8. The molecule has 0 saturated carbocycles. The first-order chi connectivity index (χ1) is 24.7. The molecule has 56 heavy (non-hydrogen) atoms. The smallest absolute Gasteiger partial charge is 0.248 e. The first-order valence-corrected chi connectivity index (χ1v) is 32.7. The molecule has 1 saturated heterocycles. The van der Waals surface area contributed by atoms with Gasteiger partial charge in [-0.05, 0) is 86.4 Å². The molecule has 1 amide bonds. The number of allylic oxidation sites excluding steroid dienone is 1. The van der Waals surface area contributed by atoms with Gasteiger partial charge < -0.3 is 22.4 Å². The Morgan fingerprint density at radius 2 is 1.11 bits per heavy atom. The Balaban J connectivity index is 4.32. The monoisotopic (exact) mass is 860 g/mol. The molecule has 0 spiro atoms. The zero-order chi connectivity index (χ0) is 44.5. The van der Waals surface area contributed by atoms with Crippen LogP contribution < -0.4 is 0 Å². The number of hydrogen-bond donors (Lipinski definition) is 0. The molecule has 0 aromatic heterocycles. The molecular weight excluding hydrogens is 771 g/mol. The van der Waals surface area contributed by atoms with Gasteiger partial charge in [-0.1, -0.05) is 102 Å². The van der Waals surface area contributed by atoms with E-state index in [1.54, 1.807) is 7.05 Å². The molecular formula is C43H89NO8Si4. The standard InChI is InChI=1S/C43H89NO8Si4/c1-26-27-31(2)37-43(15,50-37)38(52-56(24,25)42(12,13)14)33(30-49-54(20,21)40(6,7)8)36(46)32(29-48-53(18,19)39(3,4)5)34(28-35(45)44(16)47-17)51-55(22,23)41(9,10)11/h26-27,31-34,37-38H,28-30H2,1-25H3/b27-26-/t31-,32-,33-,34-,37+,38-,43-/m0/s1. The van der Waals surface area contributed by atoms with Crippen LogP contribution in [-0.2, 0) is 36.9 Å². The number of rotatable bonds is 20. The van der Waals surface area contributed by atoms with Crippen LogP contribution in [0, 0.1) is 17.8 Å². The van der Waals surface area contributed by atoms with E-state index in [1.807, 2.05) is 6.92 Å². The van der Waals surface area contributed by atoms with Crippen molar-refractivity contribution in [2.24, 2.45) is 17.8 Å². The molecule has 0 bridgehead atoms. The number of ether oxygens (including phenoxy) is 1. The van der Waals surface area contributed by atoms with Gasteiger partial charge in [0.1, 0.15) is 11.4 Å². The highest BCUT2D eigenvalue weighted by molar-refractivity contribution is 6.75. The van der Waals surface area contributed by atoms with E-state index < -0.39 is 62.9 Å². The van der Waals surface area contributed by atoms with Crippen molar-refractivity contribution in [3.05, 3.63) is 12.2 Å². The summed E-state index contributed by atoms with van der Waals surface area (Å²) in [4.78, 5) is 35.4. The highest BCUT2D eigenvalue weighted by Crippen LogP contribution is 2.52. The fourth-order valence-electron chi connectivity index (χ4n) is 5.81. The van der Waals surface area contributed by atoms with Crippen LogP contribution >= 0.6 is 0 Å². The van der Waals surface area contributed by atoms with Gasteiger partial charge in [-0.25, -0.2) is 5.06 Å². The van der Waals surface area contributed by atoms with Gasteiger partial charge in [0, 0.05) is 26.2 Å². The van der Waals surface area contributed by atoms with E-state index >= 15 is 4.79 Å². The number of nitrogens with zero attached hydrogens (tertiary/aromatic N) is 1. The van der Waals surface area contributed by atoms with Crippen LogP contribution in [0.4, 0.5) is 0 Å². The molecule has 13 heteroatoms. The number of hydroxylamine groups is 2. The van der Waals surface area contributed by atoms with E-state index in [0.29, 0.717) is 0 Å². The minimum atomic E-state index is -2.55. The largest absolute Gasteiger partial charge is 0.416 e. The maximum absolute atomic E-state index is 16.1. The highest BCUT2D eigenvalue weighted by Gasteiger charge is 2.65. The third kappa shape index (κ3) is 13.3. The van der Waals surface area contributed by atoms with Crippen molar-refractivity contribution in [3.8, 4) is 0 Å². The van der Waals surface area contributed by atoms with Gasteiger partial charge in [-0.2, -0.15) is 0 Å². The maximum atomic E-state index is 16.1. The number of carbonyl (C=O) groups excluding carboxylic acids is 2. The molecule has 0 aromatic rings. The summed E-state index contributed by atoms with van der Waals surface area (Å²) in [6, 6.07) is 0. The molecule has 7 atom stereocenters.